The summed E-state index contributed by atoms with van der Waals surface area (Å²) >= 11 is 0. The van der Waals surface area contributed by atoms with Crippen LogP contribution in [0.1, 0.15) is 50.1 Å². The molecule has 100 valence electrons. The van der Waals surface area contributed by atoms with Crippen LogP contribution in [0.2, 0.25) is 0 Å². The minimum atomic E-state index is 0.459. The third kappa shape index (κ3) is 3.49. The Kier molecular flexibility index (Phi) is 5.06. The van der Waals surface area contributed by atoms with Crippen LogP contribution in [0.3, 0.4) is 0 Å². The molecule has 0 heterocycles. The molecule has 0 aromatic heterocycles. The van der Waals surface area contributed by atoms with Gasteiger partial charge in [0.15, 0.2) is 0 Å². The first kappa shape index (κ1) is 13.4. The molecule has 1 atom stereocenters. The number of ether oxygens (including phenoxy) is 1. The third-order valence-corrected chi connectivity index (χ3v) is 4.18. The van der Waals surface area contributed by atoms with Gasteiger partial charge in [0, 0.05) is 6.04 Å². The molecule has 2 nitrogen and oxygen atoms in total. The molecule has 0 aliphatic heterocycles. The number of benzene rings is 1. The minimum absolute atomic E-state index is 0.459. The van der Waals surface area contributed by atoms with Crippen molar-refractivity contribution in [2.75, 3.05) is 14.2 Å². The fourth-order valence-corrected chi connectivity index (χ4v) is 3.04. The highest BCUT2D eigenvalue weighted by molar-refractivity contribution is 5.30. The molecular weight excluding hydrogens is 222 g/mol. The molecule has 2 rings (SSSR count). The largest absolute Gasteiger partial charge is 0.497 e. The smallest absolute Gasteiger partial charge is 0.119 e. The lowest BCUT2D eigenvalue weighted by atomic mass is 9.95. The number of hydrogen-bond donors (Lipinski definition) is 1. The third-order valence-electron chi connectivity index (χ3n) is 4.18. The van der Waals surface area contributed by atoms with E-state index >= 15 is 0 Å². The van der Waals surface area contributed by atoms with Gasteiger partial charge in [-0.3, -0.25) is 0 Å². The van der Waals surface area contributed by atoms with Crippen LogP contribution in [0.15, 0.2) is 24.3 Å². The topological polar surface area (TPSA) is 21.3 Å². The fourth-order valence-electron chi connectivity index (χ4n) is 3.04. The van der Waals surface area contributed by atoms with Gasteiger partial charge in [0.25, 0.3) is 0 Å². The van der Waals surface area contributed by atoms with Gasteiger partial charge in [-0.1, -0.05) is 37.8 Å². The Morgan fingerprint density at radius 2 is 2.11 bits per heavy atom. The quantitative estimate of drug-likeness (QED) is 0.822. The summed E-state index contributed by atoms with van der Waals surface area (Å²) in [4.78, 5) is 0. The van der Waals surface area contributed by atoms with Crippen molar-refractivity contribution in [1.82, 2.24) is 5.32 Å². The first-order chi connectivity index (χ1) is 8.83. The van der Waals surface area contributed by atoms with Crippen LogP contribution in [-0.4, -0.2) is 14.2 Å². The van der Waals surface area contributed by atoms with Crippen molar-refractivity contribution in [3.05, 3.63) is 29.8 Å². The number of nitrogens with one attached hydrogen (secondary N) is 1. The molecule has 0 bridgehead atoms. The van der Waals surface area contributed by atoms with Crippen molar-refractivity contribution >= 4 is 0 Å². The van der Waals surface area contributed by atoms with Crippen molar-refractivity contribution in [2.24, 2.45) is 5.92 Å². The van der Waals surface area contributed by atoms with Gasteiger partial charge in [-0.2, -0.15) is 0 Å². The van der Waals surface area contributed by atoms with E-state index in [-0.39, 0.29) is 0 Å². The van der Waals surface area contributed by atoms with Crippen LogP contribution >= 0.6 is 0 Å². The van der Waals surface area contributed by atoms with Gasteiger partial charge < -0.3 is 10.1 Å². The highest BCUT2D eigenvalue weighted by Crippen LogP contribution is 2.31. The highest BCUT2D eigenvalue weighted by Gasteiger charge is 2.17. The van der Waals surface area contributed by atoms with E-state index in [0.717, 1.165) is 11.7 Å². The molecular formula is C16H25NO. The van der Waals surface area contributed by atoms with Gasteiger partial charge in [-0.15, -0.1) is 0 Å². The Hall–Kier alpha value is -1.02. The Balaban J connectivity index is 1.93. The number of hydrogen-bond acceptors (Lipinski definition) is 2. The SMILES string of the molecule is CNC(CCC1CCCC1)c1cccc(OC)c1. The molecule has 1 fully saturated rings. The van der Waals surface area contributed by atoms with E-state index in [1.54, 1.807) is 7.11 Å². The van der Waals surface area contributed by atoms with Gasteiger partial charge in [0.2, 0.25) is 0 Å². The van der Waals surface area contributed by atoms with Gasteiger partial charge in [-0.05, 0) is 43.5 Å². The van der Waals surface area contributed by atoms with Crippen LogP contribution in [0.25, 0.3) is 0 Å². The Bertz CT molecular complexity index is 358. The Morgan fingerprint density at radius 3 is 2.78 bits per heavy atom. The molecule has 2 heteroatoms. The van der Waals surface area contributed by atoms with Crippen LogP contribution in [0.4, 0.5) is 0 Å². The molecule has 1 N–H and O–H groups in total. The summed E-state index contributed by atoms with van der Waals surface area (Å²) in [7, 11) is 3.78. The molecule has 0 saturated heterocycles. The van der Waals surface area contributed by atoms with Crippen LogP contribution in [-0.2, 0) is 0 Å². The molecule has 0 amide bonds. The molecule has 18 heavy (non-hydrogen) atoms. The van der Waals surface area contributed by atoms with E-state index in [1.807, 2.05) is 6.07 Å². The predicted octanol–water partition coefficient (Wildman–Crippen LogP) is 3.93. The van der Waals surface area contributed by atoms with E-state index < -0.39 is 0 Å². The van der Waals surface area contributed by atoms with Crippen molar-refractivity contribution in [2.45, 2.75) is 44.6 Å². The summed E-state index contributed by atoms with van der Waals surface area (Å²) in [5.41, 5.74) is 1.34. The zero-order chi connectivity index (χ0) is 12.8. The van der Waals surface area contributed by atoms with Crippen LogP contribution in [0, 0.1) is 5.92 Å². The maximum absolute atomic E-state index is 5.30. The van der Waals surface area contributed by atoms with Gasteiger partial charge in [-0.25, -0.2) is 0 Å². The van der Waals surface area contributed by atoms with Gasteiger partial charge in [0.1, 0.15) is 5.75 Å². The lowest BCUT2D eigenvalue weighted by Gasteiger charge is -2.19. The van der Waals surface area contributed by atoms with E-state index in [2.05, 4.69) is 30.6 Å². The Labute approximate surface area is 111 Å². The molecule has 1 aliphatic rings. The molecule has 1 aliphatic carbocycles. The average Bonchev–Trinajstić information content (AvgIpc) is 2.93. The first-order valence-corrected chi connectivity index (χ1v) is 7.14. The average molecular weight is 247 g/mol. The molecule has 1 aromatic rings. The number of rotatable bonds is 6. The van der Waals surface area contributed by atoms with E-state index in [1.165, 1.54) is 44.1 Å². The van der Waals surface area contributed by atoms with Crippen molar-refractivity contribution in [3.63, 3.8) is 0 Å². The highest BCUT2D eigenvalue weighted by atomic mass is 16.5. The van der Waals surface area contributed by atoms with E-state index in [9.17, 15) is 0 Å². The maximum Gasteiger partial charge on any atom is 0.119 e. The lowest BCUT2D eigenvalue weighted by molar-refractivity contribution is 0.408. The molecule has 1 unspecified atom stereocenters. The number of methoxy groups -OCH3 is 1. The van der Waals surface area contributed by atoms with Crippen molar-refractivity contribution in [1.29, 1.82) is 0 Å². The van der Waals surface area contributed by atoms with Crippen LogP contribution < -0.4 is 10.1 Å². The summed E-state index contributed by atoms with van der Waals surface area (Å²) in [6.45, 7) is 0. The van der Waals surface area contributed by atoms with Crippen LogP contribution in [0.5, 0.6) is 5.75 Å². The predicted molar refractivity (Wildman–Crippen MR) is 76.0 cm³/mol. The van der Waals surface area contributed by atoms with Gasteiger partial charge >= 0.3 is 0 Å². The zero-order valence-electron chi connectivity index (χ0n) is 11.6. The monoisotopic (exact) mass is 247 g/mol. The second-order valence-corrected chi connectivity index (χ2v) is 5.35. The van der Waals surface area contributed by atoms with Gasteiger partial charge in [0.05, 0.1) is 7.11 Å². The molecule has 0 radical (unpaired) electrons. The fraction of sp³-hybridized carbons (Fsp3) is 0.625. The summed E-state index contributed by atoms with van der Waals surface area (Å²) in [6, 6.07) is 8.88. The standard InChI is InChI=1S/C16H25NO/c1-17-16(11-10-13-6-3-4-7-13)14-8-5-9-15(12-14)18-2/h5,8-9,12-13,16-17H,3-4,6-7,10-11H2,1-2H3. The van der Waals surface area contributed by atoms with E-state index in [4.69, 9.17) is 4.74 Å². The molecule has 1 aromatic carbocycles. The summed E-state index contributed by atoms with van der Waals surface area (Å²) in [5, 5.41) is 3.44. The molecule has 1 saturated carbocycles. The normalized spacial score (nSPS) is 17.9. The van der Waals surface area contributed by atoms with Crippen molar-refractivity contribution < 1.29 is 4.74 Å². The first-order valence-electron chi connectivity index (χ1n) is 7.14. The zero-order valence-corrected chi connectivity index (χ0v) is 11.6. The maximum atomic E-state index is 5.30. The summed E-state index contributed by atoms with van der Waals surface area (Å²) in [6.07, 6.45) is 8.34. The van der Waals surface area contributed by atoms with Crippen molar-refractivity contribution in [3.8, 4) is 5.75 Å². The minimum Gasteiger partial charge on any atom is -0.497 e. The lowest BCUT2D eigenvalue weighted by Crippen LogP contribution is -2.17. The second kappa shape index (κ2) is 6.79. The summed E-state index contributed by atoms with van der Waals surface area (Å²) in [5.74, 6) is 1.92. The second-order valence-electron chi connectivity index (χ2n) is 5.35. The van der Waals surface area contributed by atoms with E-state index in [0.29, 0.717) is 6.04 Å². The molecule has 0 spiro atoms. The Morgan fingerprint density at radius 1 is 1.33 bits per heavy atom. The summed E-state index contributed by atoms with van der Waals surface area (Å²) < 4.78 is 5.30.